The molecule has 0 aliphatic carbocycles. The third kappa shape index (κ3) is 1.98. The Bertz CT molecular complexity index is 727. The molecule has 21 heavy (non-hydrogen) atoms. The van der Waals surface area contributed by atoms with Gasteiger partial charge in [0.05, 0.1) is 11.6 Å². The van der Waals surface area contributed by atoms with E-state index in [0.717, 1.165) is 15.6 Å². The molecule has 2 aromatic rings. The lowest BCUT2D eigenvalue weighted by atomic mass is 10.1. The molecule has 6 heteroatoms. The van der Waals surface area contributed by atoms with Crippen molar-refractivity contribution in [2.75, 3.05) is 26.2 Å². The number of hydrogen-bond donors (Lipinski definition) is 0. The van der Waals surface area contributed by atoms with Crippen molar-refractivity contribution in [3.05, 3.63) is 35.2 Å². The smallest absolute Gasteiger partial charge is 0.410 e. The first-order chi connectivity index (χ1) is 10.2. The molecule has 0 radical (unpaired) electrons. The van der Waals surface area contributed by atoms with Gasteiger partial charge in [0.15, 0.2) is 0 Å². The van der Waals surface area contributed by atoms with E-state index in [2.05, 4.69) is 0 Å². The second-order valence-electron chi connectivity index (χ2n) is 5.32. The molecule has 2 aliphatic heterocycles. The van der Waals surface area contributed by atoms with Gasteiger partial charge in [0.1, 0.15) is 6.61 Å². The molecule has 1 aromatic heterocycles. The summed E-state index contributed by atoms with van der Waals surface area (Å²) in [5.41, 5.74) is 0.759. The highest BCUT2D eigenvalue weighted by molar-refractivity contribution is 7.17. The SMILES string of the molecule is O=C(c1csc2ccccc12)N1CCN2C(=O)OCC2C1. The molecule has 4 rings (SSSR count). The Morgan fingerprint density at radius 2 is 2.14 bits per heavy atom. The molecule has 2 aliphatic rings. The summed E-state index contributed by atoms with van der Waals surface area (Å²) in [5, 5.41) is 2.93. The molecule has 0 bridgehead atoms. The van der Waals surface area contributed by atoms with Crippen LogP contribution in [0.4, 0.5) is 4.79 Å². The molecule has 2 fully saturated rings. The van der Waals surface area contributed by atoms with Crippen LogP contribution in [0.15, 0.2) is 29.6 Å². The van der Waals surface area contributed by atoms with Gasteiger partial charge in [0.2, 0.25) is 0 Å². The van der Waals surface area contributed by atoms with Crippen molar-refractivity contribution >= 4 is 33.4 Å². The van der Waals surface area contributed by atoms with E-state index >= 15 is 0 Å². The molecular weight excluding hydrogens is 288 g/mol. The number of hydrogen-bond acceptors (Lipinski definition) is 4. The fourth-order valence-electron chi connectivity index (χ4n) is 2.99. The van der Waals surface area contributed by atoms with E-state index in [1.54, 1.807) is 16.2 Å². The summed E-state index contributed by atoms with van der Waals surface area (Å²) in [6.45, 7) is 2.05. The number of piperazine rings is 1. The third-order valence-corrected chi connectivity index (χ3v) is 5.08. The van der Waals surface area contributed by atoms with E-state index in [1.165, 1.54) is 0 Å². The molecule has 0 spiro atoms. The van der Waals surface area contributed by atoms with E-state index in [4.69, 9.17) is 4.74 Å². The lowest BCUT2D eigenvalue weighted by Crippen LogP contribution is -2.53. The first-order valence-corrected chi connectivity index (χ1v) is 7.81. The minimum Gasteiger partial charge on any atom is -0.447 e. The molecule has 2 saturated heterocycles. The number of rotatable bonds is 1. The summed E-state index contributed by atoms with van der Waals surface area (Å²) in [7, 11) is 0. The highest BCUT2D eigenvalue weighted by Crippen LogP contribution is 2.28. The number of fused-ring (bicyclic) bond motifs is 2. The van der Waals surface area contributed by atoms with Crippen LogP contribution in [0.3, 0.4) is 0 Å². The molecule has 1 unspecified atom stereocenters. The molecule has 1 atom stereocenters. The fraction of sp³-hybridized carbons (Fsp3) is 0.333. The molecule has 5 nitrogen and oxygen atoms in total. The van der Waals surface area contributed by atoms with Gasteiger partial charge in [0.25, 0.3) is 5.91 Å². The number of carbonyl (C=O) groups excluding carboxylic acids is 2. The Balaban J connectivity index is 1.59. The van der Waals surface area contributed by atoms with Crippen molar-refractivity contribution in [1.82, 2.24) is 9.80 Å². The molecule has 0 N–H and O–H groups in total. The molecule has 2 amide bonds. The minimum absolute atomic E-state index is 0.0000925. The summed E-state index contributed by atoms with van der Waals surface area (Å²) in [6.07, 6.45) is -0.256. The summed E-state index contributed by atoms with van der Waals surface area (Å²) >= 11 is 1.59. The van der Waals surface area contributed by atoms with Gasteiger partial charge in [-0.05, 0) is 6.07 Å². The van der Waals surface area contributed by atoms with E-state index in [1.807, 2.05) is 34.5 Å². The second kappa shape index (κ2) is 4.73. The number of carbonyl (C=O) groups is 2. The van der Waals surface area contributed by atoms with Crippen LogP contribution in [0, 0.1) is 0 Å². The highest BCUT2D eigenvalue weighted by atomic mass is 32.1. The number of ether oxygens (including phenoxy) is 1. The Morgan fingerprint density at radius 1 is 1.29 bits per heavy atom. The normalized spacial score (nSPS) is 21.5. The van der Waals surface area contributed by atoms with Crippen LogP contribution in [-0.2, 0) is 4.74 Å². The monoisotopic (exact) mass is 302 g/mol. The standard InChI is InChI=1S/C15H14N2O3S/c18-14(12-9-21-13-4-2-1-3-11(12)13)16-5-6-17-10(7-16)8-20-15(17)19/h1-4,9-10H,5-8H2. The maximum atomic E-state index is 12.7. The summed E-state index contributed by atoms with van der Waals surface area (Å²) in [4.78, 5) is 27.8. The van der Waals surface area contributed by atoms with Gasteiger partial charge in [0, 0.05) is 35.1 Å². The largest absolute Gasteiger partial charge is 0.447 e. The third-order valence-electron chi connectivity index (χ3n) is 4.12. The Kier molecular flexibility index (Phi) is 2.85. The highest BCUT2D eigenvalue weighted by Gasteiger charge is 2.39. The maximum absolute atomic E-state index is 12.7. The number of thiophene rings is 1. The van der Waals surface area contributed by atoms with Crippen molar-refractivity contribution in [2.45, 2.75) is 6.04 Å². The van der Waals surface area contributed by atoms with Gasteiger partial charge in [-0.15, -0.1) is 11.3 Å². The van der Waals surface area contributed by atoms with Gasteiger partial charge in [-0.2, -0.15) is 0 Å². The average Bonchev–Trinajstić information content (AvgIpc) is 3.10. The van der Waals surface area contributed by atoms with Crippen LogP contribution in [0.2, 0.25) is 0 Å². The van der Waals surface area contributed by atoms with Gasteiger partial charge >= 0.3 is 6.09 Å². The molecule has 3 heterocycles. The summed E-state index contributed by atoms with van der Waals surface area (Å²) < 4.78 is 6.16. The van der Waals surface area contributed by atoms with Gasteiger partial charge in [-0.25, -0.2) is 4.79 Å². The maximum Gasteiger partial charge on any atom is 0.410 e. The Hall–Kier alpha value is -2.08. The minimum atomic E-state index is -0.256. The van der Waals surface area contributed by atoms with Crippen LogP contribution in [-0.4, -0.2) is 54.1 Å². The predicted octanol–water partition coefficient (Wildman–Crippen LogP) is 2.18. The topological polar surface area (TPSA) is 49.9 Å². The van der Waals surface area contributed by atoms with Crippen molar-refractivity contribution in [1.29, 1.82) is 0 Å². The number of benzene rings is 1. The zero-order valence-corrected chi connectivity index (χ0v) is 12.1. The van der Waals surface area contributed by atoms with Gasteiger partial charge < -0.3 is 9.64 Å². The van der Waals surface area contributed by atoms with Gasteiger partial charge in [-0.3, -0.25) is 9.69 Å². The van der Waals surface area contributed by atoms with E-state index < -0.39 is 0 Å². The van der Waals surface area contributed by atoms with E-state index in [-0.39, 0.29) is 18.0 Å². The average molecular weight is 302 g/mol. The Morgan fingerprint density at radius 3 is 3.05 bits per heavy atom. The van der Waals surface area contributed by atoms with Crippen molar-refractivity contribution in [3.63, 3.8) is 0 Å². The van der Waals surface area contributed by atoms with Crippen LogP contribution in [0.25, 0.3) is 10.1 Å². The van der Waals surface area contributed by atoms with Crippen LogP contribution >= 0.6 is 11.3 Å². The first kappa shape index (κ1) is 12.6. The van der Waals surface area contributed by atoms with Crippen molar-refractivity contribution < 1.29 is 14.3 Å². The zero-order valence-electron chi connectivity index (χ0n) is 11.3. The predicted molar refractivity (Wildman–Crippen MR) is 79.6 cm³/mol. The lowest BCUT2D eigenvalue weighted by molar-refractivity contribution is 0.0619. The summed E-state index contributed by atoms with van der Waals surface area (Å²) in [5.74, 6) is 0.0476. The fourth-order valence-corrected chi connectivity index (χ4v) is 3.92. The quantitative estimate of drug-likeness (QED) is 0.811. The van der Waals surface area contributed by atoms with E-state index in [0.29, 0.717) is 26.2 Å². The lowest BCUT2D eigenvalue weighted by Gasteiger charge is -2.35. The second-order valence-corrected chi connectivity index (χ2v) is 6.23. The van der Waals surface area contributed by atoms with Crippen LogP contribution < -0.4 is 0 Å². The summed E-state index contributed by atoms with van der Waals surface area (Å²) in [6, 6.07) is 7.94. The Labute approximate surface area is 125 Å². The number of amides is 2. The number of cyclic esters (lactones) is 1. The van der Waals surface area contributed by atoms with Gasteiger partial charge in [-0.1, -0.05) is 18.2 Å². The molecular formula is C15H14N2O3S. The van der Waals surface area contributed by atoms with Crippen molar-refractivity contribution in [3.8, 4) is 0 Å². The van der Waals surface area contributed by atoms with Crippen molar-refractivity contribution in [2.24, 2.45) is 0 Å². The zero-order chi connectivity index (χ0) is 14.4. The number of nitrogens with zero attached hydrogens (tertiary/aromatic N) is 2. The molecule has 1 aromatic carbocycles. The molecule has 0 saturated carbocycles. The molecule has 108 valence electrons. The van der Waals surface area contributed by atoms with Crippen LogP contribution in [0.1, 0.15) is 10.4 Å². The first-order valence-electron chi connectivity index (χ1n) is 6.93. The van der Waals surface area contributed by atoms with E-state index in [9.17, 15) is 9.59 Å². The van der Waals surface area contributed by atoms with Crippen LogP contribution in [0.5, 0.6) is 0 Å².